The number of nitrogens with one attached hydrogen (secondary N) is 1. The first kappa shape index (κ1) is 13.8. The van der Waals surface area contributed by atoms with Gasteiger partial charge in [-0.3, -0.25) is 0 Å². The van der Waals surface area contributed by atoms with Crippen LogP contribution in [0.3, 0.4) is 0 Å². The quantitative estimate of drug-likeness (QED) is 0.911. The molecule has 1 rings (SSSR count). The predicted molar refractivity (Wildman–Crippen MR) is 69.0 cm³/mol. The molecule has 1 N–H and O–H groups in total. The van der Waals surface area contributed by atoms with E-state index in [2.05, 4.69) is 5.32 Å². The lowest BCUT2D eigenvalue weighted by Crippen LogP contribution is -2.24. The van der Waals surface area contributed by atoms with Crippen molar-refractivity contribution in [2.45, 2.75) is 13.0 Å². The molecule has 0 bridgehead atoms. The Morgan fingerprint density at radius 3 is 2.65 bits per heavy atom. The molecule has 0 aliphatic rings. The van der Waals surface area contributed by atoms with E-state index in [-0.39, 0.29) is 11.8 Å². The van der Waals surface area contributed by atoms with Gasteiger partial charge in [-0.1, -0.05) is 11.6 Å². The van der Waals surface area contributed by atoms with Gasteiger partial charge in [0, 0.05) is 18.0 Å². The summed E-state index contributed by atoms with van der Waals surface area (Å²) >= 11 is 5.87. The Hall–Kier alpha value is -1.25. The molecule has 1 aromatic rings. The molecule has 92 valence electrons. The lowest BCUT2D eigenvalue weighted by atomic mass is 10.2. The number of nitrogens with zero attached hydrogens (tertiary/aromatic N) is 1. The molecule has 0 amide bonds. The molecule has 1 unspecified atom stereocenters. The molecule has 0 spiro atoms. The zero-order valence-corrected chi connectivity index (χ0v) is 11.1. The summed E-state index contributed by atoms with van der Waals surface area (Å²) in [5.41, 5.74) is 1.10. The second-order valence-electron chi connectivity index (χ2n) is 3.94. The van der Waals surface area contributed by atoms with Crippen LogP contribution in [0.2, 0.25) is 5.02 Å². The summed E-state index contributed by atoms with van der Waals surface area (Å²) < 4.78 is 22.2. The second-order valence-corrected chi connectivity index (χ2v) is 6.54. The van der Waals surface area contributed by atoms with Gasteiger partial charge in [0.15, 0.2) is 0 Å². The molecular formula is C11H13ClN2O2S. The van der Waals surface area contributed by atoms with Crippen LogP contribution in [-0.4, -0.2) is 26.5 Å². The van der Waals surface area contributed by atoms with Gasteiger partial charge < -0.3 is 5.32 Å². The second kappa shape index (κ2) is 5.39. The predicted octanol–water partition coefficient (Wildman–Crippen LogP) is 2.06. The van der Waals surface area contributed by atoms with Gasteiger partial charge in [-0.25, -0.2) is 8.42 Å². The fraction of sp³-hybridized carbons (Fsp3) is 0.364. The van der Waals surface area contributed by atoms with E-state index in [1.54, 1.807) is 25.1 Å². The zero-order chi connectivity index (χ0) is 13.1. The van der Waals surface area contributed by atoms with Crippen molar-refractivity contribution in [1.29, 1.82) is 5.26 Å². The molecule has 6 heteroatoms. The highest BCUT2D eigenvalue weighted by Crippen LogP contribution is 2.20. The third kappa shape index (κ3) is 4.63. The van der Waals surface area contributed by atoms with Crippen LogP contribution in [0.4, 0.5) is 5.69 Å². The molecule has 0 aliphatic carbocycles. The Morgan fingerprint density at radius 2 is 2.18 bits per heavy atom. The van der Waals surface area contributed by atoms with Gasteiger partial charge in [0.05, 0.1) is 16.3 Å². The number of benzene rings is 1. The molecule has 0 fully saturated rings. The molecule has 0 heterocycles. The van der Waals surface area contributed by atoms with Crippen LogP contribution in [0.5, 0.6) is 0 Å². The molecule has 17 heavy (non-hydrogen) atoms. The van der Waals surface area contributed by atoms with Gasteiger partial charge in [-0.2, -0.15) is 5.26 Å². The minimum Gasteiger partial charge on any atom is -0.382 e. The Bertz CT molecular complexity index is 549. The third-order valence-corrected chi connectivity index (χ3v) is 3.47. The Balaban J connectivity index is 2.77. The van der Waals surface area contributed by atoms with Gasteiger partial charge in [0.2, 0.25) is 0 Å². The van der Waals surface area contributed by atoms with Crippen LogP contribution >= 0.6 is 11.6 Å². The molecule has 0 aliphatic heterocycles. The number of nitriles is 1. The van der Waals surface area contributed by atoms with Crippen LogP contribution in [0.1, 0.15) is 12.5 Å². The lowest BCUT2D eigenvalue weighted by molar-refractivity contribution is 0.598. The third-order valence-electron chi connectivity index (χ3n) is 2.06. The van der Waals surface area contributed by atoms with E-state index in [0.29, 0.717) is 16.3 Å². The summed E-state index contributed by atoms with van der Waals surface area (Å²) in [5, 5.41) is 12.1. The highest BCUT2D eigenvalue weighted by atomic mass is 35.5. The monoisotopic (exact) mass is 272 g/mol. The Morgan fingerprint density at radius 1 is 1.53 bits per heavy atom. The maximum Gasteiger partial charge on any atom is 0.149 e. The van der Waals surface area contributed by atoms with Gasteiger partial charge >= 0.3 is 0 Å². The highest BCUT2D eigenvalue weighted by Gasteiger charge is 2.10. The summed E-state index contributed by atoms with van der Waals surface area (Å²) in [6.45, 7) is 1.77. The van der Waals surface area contributed by atoms with E-state index in [1.165, 1.54) is 6.26 Å². The van der Waals surface area contributed by atoms with Crippen molar-refractivity contribution in [1.82, 2.24) is 0 Å². The van der Waals surface area contributed by atoms with Gasteiger partial charge in [-0.05, 0) is 25.1 Å². The van der Waals surface area contributed by atoms with E-state index in [0.717, 1.165) is 0 Å². The first-order chi connectivity index (χ1) is 7.81. The van der Waals surface area contributed by atoms with Crippen molar-refractivity contribution in [3.05, 3.63) is 28.8 Å². The number of hydrogen-bond donors (Lipinski definition) is 1. The number of anilines is 1. The van der Waals surface area contributed by atoms with Gasteiger partial charge in [0.1, 0.15) is 15.9 Å². The Labute approximate surface area is 106 Å². The van der Waals surface area contributed by atoms with E-state index < -0.39 is 9.84 Å². The van der Waals surface area contributed by atoms with Crippen molar-refractivity contribution in [2.24, 2.45) is 0 Å². The van der Waals surface area contributed by atoms with Crippen molar-refractivity contribution in [3.8, 4) is 6.07 Å². The SMILES string of the molecule is CC(CS(C)(=O)=O)Nc1ccc(C#N)c(Cl)c1. The number of halogens is 1. The first-order valence-electron chi connectivity index (χ1n) is 4.96. The maximum atomic E-state index is 11.1. The summed E-state index contributed by atoms with van der Waals surface area (Å²) in [4.78, 5) is 0. The number of rotatable bonds is 4. The highest BCUT2D eigenvalue weighted by molar-refractivity contribution is 7.90. The largest absolute Gasteiger partial charge is 0.382 e. The van der Waals surface area contributed by atoms with Crippen molar-refractivity contribution < 1.29 is 8.42 Å². The van der Waals surface area contributed by atoms with Crippen molar-refractivity contribution in [3.63, 3.8) is 0 Å². The summed E-state index contributed by atoms with van der Waals surface area (Å²) in [5.74, 6) is 0.0463. The normalized spacial score (nSPS) is 12.8. The number of hydrogen-bond acceptors (Lipinski definition) is 4. The Kier molecular flexibility index (Phi) is 4.38. The van der Waals surface area contributed by atoms with Crippen LogP contribution in [0.15, 0.2) is 18.2 Å². The number of sulfone groups is 1. The van der Waals surface area contributed by atoms with Gasteiger partial charge in [-0.15, -0.1) is 0 Å². The molecule has 0 aromatic heterocycles. The first-order valence-corrected chi connectivity index (χ1v) is 7.39. The van der Waals surface area contributed by atoms with Crippen LogP contribution in [-0.2, 0) is 9.84 Å². The summed E-state index contributed by atoms with van der Waals surface area (Å²) in [6, 6.07) is 6.65. The van der Waals surface area contributed by atoms with E-state index in [4.69, 9.17) is 16.9 Å². The molecule has 4 nitrogen and oxygen atoms in total. The molecule has 1 aromatic carbocycles. The van der Waals surface area contributed by atoms with Gasteiger partial charge in [0.25, 0.3) is 0 Å². The maximum absolute atomic E-state index is 11.1. The summed E-state index contributed by atoms with van der Waals surface area (Å²) in [7, 11) is -3.01. The smallest absolute Gasteiger partial charge is 0.149 e. The summed E-state index contributed by atoms with van der Waals surface area (Å²) in [6.07, 6.45) is 1.19. The molecule has 0 saturated heterocycles. The zero-order valence-electron chi connectivity index (χ0n) is 9.57. The minimum absolute atomic E-state index is 0.0463. The van der Waals surface area contributed by atoms with E-state index in [9.17, 15) is 8.42 Å². The van der Waals surface area contributed by atoms with Crippen LogP contribution in [0, 0.1) is 11.3 Å². The molecule has 1 atom stereocenters. The minimum atomic E-state index is -3.01. The van der Waals surface area contributed by atoms with Crippen LogP contribution < -0.4 is 5.32 Å². The van der Waals surface area contributed by atoms with E-state index >= 15 is 0 Å². The lowest BCUT2D eigenvalue weighted by Gasteiger charge is -2.14. The fourth-order valence-corrected chi connectivity index (χ4v) is 2.69. The van der Waals surface area contributed by atoms with Crippen molar-refractivity contribution in [2.75, 3.05) is 17.3 Å². The average Bonchev–Trinajstić information content (AvgIpc) is 2.14. The topological polar surface area (TPSA) is 70.0 Å². The standard InChI is InChI=1S/C11H13ClN2O2S/c1-8(7-17(2,15)16)14-10-4-3-9(6-13)11(12)5-10/h3-5,8,14H,7H2,1-2H3. The average molecular weight is 273 g/mol. The van der Waals surface area contributed by atoms with Crippen molar-refractivity contribution >= 4 is 27.1 Å². The fourth-order valence-electron chi connectivity index (χ4n) is 1.48. The molecular weight excluding hydrogens is 260 g/mol. The van der Waals surface area contributed by atoms with Crippen LogP contribution in [0.25, 0.3) is 0 Å². The molecule has 0 radical (unpaired) electrons. The van der Waals surface area contributed by atoms with E-state index in [1.807, 2.05) is 6.07 Å². The molecule has 0 saturated carbocycles.